The highest BCUT2D eigenvalue weighted by atomic mass is 19.1. The molecule has 0 saturated carbocycles. The molecule has 2 N–H and O–H groups in total. The molecule has 2 aromatic rings. The third kappa shape index (κ3) is 4.34. The van der Waals surface area contributed by atoms with Crippen LogP contribution in [0.1, 0.15) is 10.4 Å². The third-order valence-electron chi connectivity index (χ3n) is 2.87. The lowest BCUT2D eigenvalue weighted by atomic mass is 10.2. The van der Waals surface area contributed by atoms with E-state index in [9.17, 15) is 24.1 Å². The van der Waals surface area contributed by atoms with Crippen LogP contribution in [0.4, 0.5) is 15.8 Å². The summed E-state index contributed by atoms with van der Waals surface area (Å²) < 4.78 is 13.2. The Morgan fingerprint density at radius 2 is 1.83 bits per heavy atom. The molecule has 0 spiro atoms. The van der Waals surface area contributed by atoms with Crippen LogP contribution in [-0.2, 0) is 4.79 Å². The second-order valence-electron chi connectivity index (χ2n) is 4.52. The number of nitro groups is 1. The summed E-state index contributed by atoms with van der Waals surface area (Å²) in [5.74, 6) is -2.01. The number of hydrogen-bond donors (Lipinski definition) is 2. The number of benzene rings is 2. The van der Waals surface area contributed by atoms with Crippen molar-refractivity contribution >= 4 is 23.2 Å². The number of carbonyl (C=O) groups excluding carboxylic acids is 2. The highest BCUT2D eigenvalue weighted by molar-refractivity contribution is 5.99. The van der Waals surface area contributed by atoms with Gasteiger partial charge in [-0.1, -0.05) is 18.2 Å². The van der Waals surface area contributed by atoms with Crippen molar-refractivity contribution in [2.24, 2.45) is 0 Å². The molecule has 0 fully saturated rings. The Kier molecular flexibility index (Phi) is 4.98. The van der Waals surface area contributed by atoms with Crippen LogP contribution in [0, 0.1) is 15.9 Å². The standard InChI is InChI=1S/C15H12FN3O4/c16-12-7-6-11(8-13(12)19(22)23)18-14(20)9-17-15(21)10-4-2-1-3-5-10/h1-8H,9H2,(H,17,21)(H,18,20). The average Bonchev–Trinajstić information content (AvgIpc) is 2.55. The van der Waals surface area contributed by atoms with Crippen LogP contribution in [-0.4, -0.2) is 23.3 Å². The summed E-state index contributed by atoms with van der Waals surface area (Å²) in [7, 11) is 0. The number of anilines is 1. The molecule has 0 atom stereocenters. The number of hydrogen-bond acceptors (Lipinski definition) is 4. The van der Waals surface area contributed by atoms with Gasteiger partial charge >= 0.3 is 5.69 Å². The highest BCUT2D eigenvalue weighted by Crippen LogP contribution is 2.21. The number of carbonyl (C=O) groups is 2. The van der Waals surface area contributed by atoms with E-state index < -0.39 is 28.2 Å². The van der Waals surface area contributed by atoms with Crippen LogP contribution < -0.4 is 10.6 Å². The number of nitrogens with one attached hydrogen (secondary N) is 2. The van der Waals surface area contributed by atoms with Crippen molar-refractivity contribution in [1.29, 1.82) is 0 Å². The topological polar surface area (TPSA) is 101 Å². The summed E-state index contributed by atoms with van der Waals surface area (Å²) >= 11 is 0. The van der Waals surface area contributed by atoms with Gasteiger partial charge in [0, 0.05) is 17.3 Å². The molecule has 2 amide bonds. The first-order valence-electron chi connectivity index (χ1n) is 6.54. The molecular weight excluding hydrogens is 305 g/mol. The van der Waals surface area contributed by atoms with Crippen LogP contribution in [0.3, 0.4) is 0 Å². The fraction of sp³-hybridized carbons (Fsp3) is 0.0667. The third-order valence-corrected chi connectivity index (χ3v) is 2.87. The number of amides is 2. The summed E-state index contributed by atoms with van der Waals surface area (Å²) in [6.45, 7) is -0.321. The van der Waals surface area contributed by atoms with Crippen LogP contribution in [0.2, 0.25) is 0 Å². The van der Waals surface area contributed by atoms with E-state index in [1.807, 2.05) is 0 Å². The van der Waals surface area contributed by atoms with Crippen LogP contribution >= 0.6 is 0 Å². The molecule has 0 aliphatic carbocycles. The first-order chi connectivity index (χ1) is 11.0. The lowest BCUT2D eigenvalue weighted by Crippen LogP contribution is -2.32. The molecule has 23 heavy (non-hydrogen) atoms. The summed E-state index contributed by atoms with van der Waals surface area (Å²) in [5.41, 5.74) is -0.272. The quantitative estimate of drug-likeness (QED) is 0.651. The molecular formula is C15H12FN3O4. The smallest absolute Gasteiger partial charge is 0.306 e. The van der Waals surface area contributed by atoms with Gasteiger partial charge in [0.15, 0.2) is 0 Å². The fourth-order valence-corrected chi connectivity index (χ4v) is 1.79. The molecule has 0 aromatic heterocycles. The molecule has 118 valence electrons. The second kappa shape index (κ2) is 7.12. The predicted octanol–water partition coefficient (Wildman–Crippen LogP) is 2.10. The van der Waals surface area contributed by atoms with E-state index in [-0.39, 0.29) is 12.2 Å². The normalized spacial score (nSPS) is 9.96. The van der Waals surface area contributed by atoms with E-state index in [0.717, 1.165) is 12.1 Å². The summed E-state index contributed by atoms with van der Waals surface area (Å²) in [5, 5.41) is 15.4. The molecule has 2 aromatic carbocycles. The maximum atomic E-state index is 13.2. The molecule has 8 heteroatoms. The first kappa shape index (κ1) is 16.1. The van der Waals surface area contributed by atoms with Crippen LogP contribution in [0.25, 0.3) is 0 Å². The molecule has 0 aliphatic rings. The van der Waals surface area contributed by atoms with Crippen molar-refractivity contribution in [2.45, 2.75) is 0 Å². The zero-order valence-corrected chi connectivity index (χ0v) is 11.8. The average molecular weight is 317 g/mol. The Balaban J connectivity index is 1.94. The SMILES string of the molecule is O=C(CNC(=O)c1ccccc1)Nc1ccc(F)c([N+](=O)[O-])c1. The number of rotatable bonds is 5. The molecule has 0 unspecified atom stereocenters. The van der Waals surface area contributed by atoms with E-state index in [1.165, 1.54) is 6.07 Å². The highest BCUT2D eigenvalue weighted by Gasteiger charge is 2.15. The molecule has 7 nitrogen and oxygen atoms in total. The lowest BCUT2D eigenvalue weighted by molar-refractivity contribution is -0.387. The Morgan fingerprint density at radius 3 is 2.48 bits per heavy atom. The van der Waals surface area contributed by atoms with E-state index in [2.05, 4.69) is 10.6 Å². The van der Waals surface area contributed by atoms with E-state index >= 15 is 0 Å². The molecule has 0 heterocycles. The number of nitro benzene ring substituents is 1. The fourth-order valence-electron chi connectivity index (χ4n) is 1.79. The molecule has 0 bridgehead atoms. The maximum absolute atomic E-state index is 13.2. The Hall–Kier alpha value is -3.29. The molecule has 2 rings (SSSR count). The van der Waals surface area contributed by atoms with Gasteiger partial charge in [0.25, 0.3) is 5.91 Å². The van der Waals surface area contributed by atoms with Crippen molar-refractivity contribution in [1.82, 2.24) is 5.32 Å². The predicted molar refractivity (Wildman–Crippen MR) is 80.5 cm³/mol. The van der Waals surface area contributed by atoms with Gasteiger partial charge in [0.1, 0.15) is 0 Å². The van der Waals surface area contributed by atoms with Crippen molar-refractivity contribution in [3.05, 3.63) is 70.0 Å². The molecule has 0 saturated heterocycles. The molecule has 0 radical (unpaired) electrons. The summed E-state index contributed by atoms with van der Waals surface area (Å²) in [6, 6.07) is 11.3. The van der Waals surface area contributed by atoms with Crippen molar-refractivity contribution in [2.75, 3.05) is 11.9 Å². The zero-order chi connectivity index (χ0) is 16.8. The second-order valence-corrected chi connectivity index (χ2v) is 4.52. The molecule has 0 aliphatic heterocycles. The monoisotopic (exact) mass is 317 g/mol. The lowest BCUT2D eigenvalue weighted by Gasteiger charge is -2.07. The minimum atomic E-state index is -0.995. The van der Waals surface area contributed by atoms with Gasteiger partial charge in [-0.05, 0) is 24.3 Å². The largest absolute Gasteiger partial charge is 0.343 e. The van der Waals surface area contributed by atoms with Gasteiger partial charge in [-0.15, -0.1) is 0 Å². The minimum absolute atomic E-state index is 0.0667. The van der Waals surface area contributed by atoms with Gasteiger partial charge in [-0.2, -0.15) is 4.39 Å². The van der Waals surface area contributed by atoms with Crippen molar-refractivity contribution in [3.63, 3.8) is 0 Å². The van der Waals surface area contributed by atoms with E-state index in [4.69, 9.17) is 0 Å². The van der Waals surface area contributed by atoms with Gasteiger partial charge < -0.3 is 10.6 Å². The summed E-state index contributed by atoms with van der Waals surface area (Å²) in [4.78, 5) is 33.2. The first-order valence-corrected chi connectivity index (χ1v) is 6.54. The van der Waals surface area contributed by atoms with Crippen molar-refractivity contribution < 1.29 is 18.9 Å². The maximum Gasteiger partial charge on any atom is 0.306 e. The van der Waals surface area contributed by atoms with E-state index in [1.54, 1.807) is 30.3 Å². The zero-order valence-electron chi connectivity index (χ0n) is 11.8. The van der Waals surface area contributed by atoms with Crippen LogP contribution in [0.15, 0.2) is 48.5 Å². The minimum Gasteiger partial charge on any atom is -0.343 e. The van der Waals surface area contributed by atoms with Gasteiger partial charge in [0.05, 0.1) is 11.5 Å². The number of nitrogens with zero attached hydrogens (tertiary/aromatic N) is 1. The Labute approximate surface area is 130 Å². The van der Waals surface area contributed by atoms with Crippen LogP contribution in [0.5, 0.6) is 0 Å². The number of halogens is 1. The van der Waals surface area contributed by atoms with Gasteiger partial charge in [-0.3, -0.25) is 19.7 Å². The van der Waals surface area contributed by atoms with E-state index in [0.29, 0.717) is 5.56 Å². The van der Waals surface area contributed by atoms with Crippen molar-refractivity contribution in [3.8, 4) is 0 Å². The van der Waals surface area contributed by atoms with Gasteiger partial charge in [0.2, 0.25) is 11.7 Å². The Morgan fingerprint density at radius 1 is 1.13 bits per heavy atom. The Bertz CT molecular complexity index is 750. The van der Waals surface area contributed by atoms with Gasteiger partial charge in [-0.25, -0.2) is 0 Å². The summed E-state index contributed by atoms with van der Waals surface area (Å²) in [6.07, 6.45) is 0.